The number of amides is 1. The summed E-state index contributed by atoms with van der Waals surface area (Å²) in [5, 5.41) is 0. The van der Waals surface area contributed by atoms with Crippen LogP contribution in [0.25, 0.3) is 0 Å². The Balaban J connectivity index is 2.72. The van der Waals surface area contributed by atoms with E-state index in [2.05, 4.69) is 0 Å². The van der Waals surface area contributed by atoms with Crippen LogP contribution in [0.5, 0.6) is 0 Å². The summed E-state index contributed by atoms with van der Waals surface area (Å²) in [6.07, 6.45) is 0.0878. The summed E-state index contributed by atoms with van der Waals surface area (Å²) >= 11 is 0. The summed E-state index contributed by atoms with van der Waals surface area (Å²) in [5.74, 6) is -1.39. The van der Waals surface area contributed by atoms with Gasteiger partial charge < -0.3 is 9.64 Å². The molecule has 0 bridgehead atoms. The summed E-state index contributed by atoms with van der Waals surface area (Å²) in [5.41, 5.74) is 0.000656. The Morgan fingerprint density at radius 2 is 2.00 bits per heavy atom. The molecule has 1 atom stereocenters. The fraction of sp³-hybridized carbons (Fsp3) is 0.429. The molecule has 0 heterocycles. The smallest absolute Gasteiger partial charge is 0.307 e. The maximum atomic E-state index is 13.5. The highest BCUT2D eigenvalue weighted by Gasteiger charge is 2.22. The topological polar surface area (TPSA) is 46.6 Å². The van der Waals surface area contributed by atoms with Gasteiger partial charge in [-0.1, -0.05) is 12.1 Å². The van der Waals surface area contributed by atoms with Crippen molar-refractivity contribution in [3.8, 4) is 0 Å². The Labute approximate surface area is 112 Å². The summed E-state index contributed by atoms with van der Waals surface area (Å²) in [7, 11) is 1.54. The first kappa shape index (κ1) is 15.1. The molecule has 0 saturated carbocycles. The van der Waals surface area contributed by atoms with E-state index >= 15 is 0 Å². The second-order valence-electron chi connectivity index (χ2n) is 4.25. The first-order valence-corrected chi connectivity index (χ1v) is 6.14. The van der Waals surface area contributed by atoms with Crippen molar-refractivity contribution in [2.24, 2.45) is 0 Å². The van der Waals surface area contributed by atoms with Crippen LogP contribution in [0.4, 0.5) is 4.39 Å². The van der Waals surface area contributed by atoms with E-state index in [0.717, 1.165) is 0 Å². The molecule has 0 spiro atoms. The lowest BCUT2D eigenvalue weighted by atomic mass is 10.1. The highest BCUT2D eigenvalue weighted by Crippen LogP contribution is 2.12. The standard InChI is InChI=1S/C14H18FNO3/c1-4-19-13(17)9-10(2)16(3)14(18)11-7-5-6-8-12(11)15/h5-8,10H,4,9H2,1-3H3. The van der Waals surface area contributed by atoms with Gasteiger partial charge in [0.05, 0.1) is 18.6 Å². The third-order valence-electron chi connectivity index (χ3n) is 2.85. The van der Waals surface area contributed by atoms with Crippen molar-refractivity contribution >= 4 is 11.9 Å². The minimum Gasteiger partial charge on any atom is -0.466 e. The molecule has 1 rings (SSSR count). The number of halogens is 1. The molecule has 104 valence electrons. The van der Waals surface area contributed by atoms with Crippen LogP contribution in [0.2, 0.25) is 0 Å². The van der Waals surface area contributed by atoms with E-state index in [-0.39, 0.29) is 24.0 Å². The number of ether oxygens (including phenoxy) is 1. The number of nitrogens with zero attached hydrogens (tertiary/aromatic N) is 1. The molecule has 1 amide bonds. The molecule has 0 radical (unpaired) electrons. The highest BCUT2D eigenvalue weighted by molar-refractivity contribution is 5.94. The van der Waals surface area contributed by atoms with Crippen molar-refractivity contribution in [2.45, 2.75) is 26.3 Å². The zero-order valence-electron chi connectivity index (χ0n) is 11.4. The van der Waals surface area contributed by atoms with Gasteiger partial charge in [0.2, 0.25) is 0 Å². The minimum atomic E-state index is -0.567. The van der Waals surface area contributed by atoms with Crippen molar-refractivity contribution in [3.63, 3.8) is 0 Å². The molecule has 1 aromatic carbocycles. The molecule has 5 heteroatoms. The van der Waals surface area contributed by atoms with Gasteiger partial charge in [0.25, 0.3) is 5.91 Å². The van der Waals surface area contributed by atoms with E-state index < -0.39 is 11.7 Å². The van der Waals surface area contributed by atoms with Crippen molar-refractivity contribution < 1.29 is 18.7 Å². The molecule has 1 aromatic rings. The Morgan fingerprint density at radius 1 is 1.37 bits per heavy atom. The molecule has 4 nitrogen and oxygen atoms in total. The van der Waals surface area contributed by atoms with Crippen molar-refractivity contribution in [2.75, 3.05) is 13.7 Å². The monoisotopic (exact) mass is 267 g/mol. The summed E-state index contributed by atoms with van der Waals surface area (Å²) in [6.45, 7) is 3.74. The number of hydrogen-bond acceptors (Lipinski definition) is 3. The van der Waals surface area contributed by atoms with Gasteiger partial charge in [0, 0.05) is 13.1 Å². The lowest BCUT2D eigenvalue weighted by molar-refractivity contribution is -0.144. The zero-order chi connectivity index (χ0) is 14.4. The van der Waals surface area contributed by atoms with Gasteiger partial charge in [0.15, 0.2) is 0 Å². The largest absolute Gasteiger partial charge is 0.466 e. The van der Waals surface area contributed by atoms with Gasteiger partial charge in [-0.05, 0) is 26.0 Å². The Morgan fingerprint density at radius 3 is 2.58 bits per heavy atom. The molecular weight excluding hydrogens is 249 g/mol. The second-order valence-corrected chi connectivity index (χ2v) is 4.25. The number of carbonyl (C=O) groups excluding carboxylic acids is 2. The molecular formula is C14H18FNO3. The normalized spacial score (nSPS) is 11.8. The lowest BCUT2D eigenvalue weighted by Gasteiger charge is -2.24. The van der Waals surface area contributed by atoms with Crippen LogP contribution < -0.4 is 0 Å². The first-order valence-electron chi connectivity index (χ1n) is 6.14. The fourth-order valence-corrected chi connectivity index (χ4v) is 1.62. The molecule has 0 aliphatic rings. The van der Waals surface area contributed by atoms with Crippen LogP contribution in [-0.4, -0.2) is 36.5 Å². The van der Waals surface area contributed by atoms with Crippen LogP contribution in [0, 0.1) is 5.82 Å². The first-order chi connectivity index (χ1) is 8.97. The van der Waals surface area contributed by atoms with E-state index in [4.69, 9.17) is 4.74 Å². The van der Waals surface area contributed by atoms with Crippen LogP contribution >= 0.6 is 0 Å². The zero-order valence-corrected chi connectivity index (χ0v) is 11.4. The van der Waals surface area contributed by atoms with E-state index in [1.165, 1.54) is 23.1 Å². The Hall–Kier alpha value is -1.91. The van der Waals surface area contributed by atoms with Gasteiger partial charge in [-0.25, -0.2) is 4.39 Å². The average Bonchev–Trinajstić information content (AvgIpc) is 2.37. The molecule has 0 aromatic heterocycles. The van der Waals surface area contributed by atoms with Gasteiger partial charge in [-0.3, -0.25) is 9.59 Å². The maximum Gasteiger partial charge on any atom is 0.307 e. The minimum absolute atomic E-state index is 0.000656. The number of esters is 1. The van der Waals surface area contributed by atoms with Gasteiger partial charge in [-0.2, -0.15) is 0 Å². The van der Waals surface area contributed by atoms with Gasteiger partial charge in [-0.15, -0.1) is 0 Å². The summed E-state index contributed by atoms with van der Waals surface area (Å²) in [4.78, 5) is 24.8. The average molecular weight is 267 g/mol. The summed E-state index contributed by atoms with van der Waals surface area (Å²) in [6, 6.07) is 5.42. The predicted octanol–water partition coefficient (Wildman–Crippen LogP) is 2.24. The van der Waals surface area contributed by atoms with Crippen molar-refractivity contribution in [1.29, 1.82) is 0 Å². The summed E-state index contributed by atoms with van der Waals surface area (Å²) < 4.78 is 18.3. The lowest BCUT2D eigenvalue weighted by Crippen LogP contribution is -2.37. The number of carbonyl (C=O) groups is 2. The van der Waals surface area contributed by atoms with Gasteiger partial charge >= 0.3 is 5.97 Å². The molecule has 0 N–H and O–H groups in total. The van der Waals surface area contributed by atoms with E-state index in [9.17, 15) is 14.0 Å². The Kier molecular flexibility index (Phi) is 5.48. The molecule has 0 aliphatic carbocycles. The predicted molar refractivity (Wildman–Crippen MR) is 69.2 cm³/mol. The van der Waals surface area contributed by atoms with Crippen LogP contribution in [0.3, 0.4) is 0 Å². The maximum absolute atomic E-state index is 13.5. The van der Waals surface area contributed by atoms with E-state index in [0.29, 0.717) is 6.61 Å². The molecule has 0 fully saturated rings. The van der Waals surface area contributed by atoms with Gasteiger partial charge in [0.1, 0.15) is 5.82 Å². The molecule has 19 heavy (non-hydrogen) atoms. The Bertz CT molecular complexity index is 462. The van der Waals surface area contributed by atoms with E-state index in [1.807, 2.05) is 0 Å². The third kappa shape index (κ3) is 4.05. The third-order valence-corrected chi connectivity index (χ3v) is 2.85. The molecule has 0 aliphatic heterocycles. The number of hydrogen-bond donors (Lipinski definition) is 0. The number of benzene rings is 1. The number of rotatable bonds is 5. The molecule has 0 saturated heterocycles. The van der Waals surface area contributed by atoms with Crippen molar-refractivity contribution in [3.05, 3.63) is 35.6 Å². The second kappa shape index (κ2) is 6.87. The molecule has 1 unspecified atom stereocenters. The van der Waals surface area contributed by atoms with Crippen LogP contribution in [-0.2, 0) is 9.53 Å². The SMILES string of the molecule is CCOC(=O)CC(C)N(C)C(=O)c1ccccc1F. The van der Waals surface area contributed by atoms with Crippen molar-refractivity contribution in [1.82, 2.24) is 4.90 Å². The fourth-order valence-electron chi connectivity index (χ4n) is 1.62. The van der Waals surface area contributed by atoms with Crippen LogP contribution in [0.15, 0.2) is 24.3 Å². The van der Waals surface area contributed by atoms with E-state index in [1.54, 1.807) is 27.0 Å². The van der Waals surface area contributed by atoms with Crippen LogP contribution in [0.1, 0.15) is 30.6 Å². The quantitative estimate of drug-likeness (QED) is 0.769. The highest BCUT2D eigenvalue weighted by atomic mass is 19.1.